The molecule has 1 fully saturated rings. The van der Waals surface area contributed by atoms with Crippen molar-refractivity contribution in [3.05, 3.63) is 108 Å². The lowest BCUT2D eigenvalue weighted by atomic mass is 9.88. The highest BCUT2D eigenvalue weighted by Crippen LogP contribution is 2.46. The molecule has 3 aromatic carbocycles. The summed E-state index contributed by atoms with van der Waals surface area (Å²) in [6.45, 7) is 3.19. The van der Waals surface area contributed by atoms with Crippen LogP contribution in [0.25, 0.3) is 11.1 Å². The van der Waals surface area contributed by atoms with Crippen molar-refractivity contribution in [2.75, 3.05) is 11.4 Å². The lowest BCUT2D eigenvalue weighted by Gasteiger charge is -2.50. The third-order valence-corrected chi connectivity index (χ3v) is 7.90. The van der Waals surface area contributed by atoms with Crippen molar-refractivity contribution in [1.29, 1.82) is 0 Å². The van der Waals surface area contributed by atoms with Crippen LogP contribution in [0.5, 0.6) is 5.75 Å². The van der Waals surface area contributed by atoms with E-state index >= 15 is 0 Å². The van der Waals surface area contributed by atoms with E-state index in [1.54, 1.807) is 23.5 Å². The summed E-state index contributed by atoms with van der Waals surface area (Å²) < 4.78 is 11.7. The maximum absolute atomic E-state index is 13.5. The van der Waals surface area contributed by atoms with Crippen molar-refractivity contribution in [3.8, 4) is 16.9 Å². The van der Waals surface area contributed by atoms with Crippen molar-refractivity contribution in [2.24, 2.45) is 0 Å². The molecule has 4 heterocycles. The fourth-order valence-corrected chi connectivity index (χ4v) is 6.00. The maximum Gasteiger partial charge on any atom is 0.325 e. The van der Waals surface area contributed by atoms with Crippen LogP contribution in [0.1, 0.15) is 46.4 Å². The van der Waals surface area contributed by atoms with Gasteiger partial charge in [0.15, 0.2) is 5.72 Å². The molecular weight excluding hydrogens is 478 g/mol. The number of carbonyl (C=O) groups is 2. The van der Waals surface area contributed by atoms with Gasteiger partial charge in [-0.15, -0.1) is 0 Å². The third-order valence-electron chi connectivity index (χ3n) is 7.90. The highest BCUT2D eigenvalue weighted by atomic mass is 16.5. The maximum atomic E-state index is 13.5. The van der Waals surface area contributed by atoms with Gasteiger partial charge in [-0.25, -0.2) is 4.79 Å². The van der Waals surface area contributed by atoms with Crippen LogP contribution in [0.4, 0.5) is 10.5 Å². The number of nitrogens with one attached hydrogen (secondary N) is 1. The average molecular weight is 506 g/mol. The van der Waals surface area contributed by atoms with E-state index in [-0.39, 0.29) is 18.0 Å². The molecule has 3 amide bonds. The van der Waals surface area contributed by atoms with Crippen LogP contribution >= 0.6 is 0 Å². The van der Waals surface area contributed by atoms with Crippen LogP contribution in [-0.2, 0) is 13.0 Å². The van der Waals surface area contributed by atoms with Crippen molar-refractivity contribution in [2.45, 2.75) is 38.1 Å². The summed E-state index contributed by atoms with van der Waals surface area (Å²) in [4.78, 5) is 30.5. The molecule has 0 saturated carbocycles. The summed E-state index contributed by atoms with van der Waals surface area (Å²) in [5.74, 6) is 0.698. The first-order valence-electron chi connectivity index (χ1n) is 12.9. The zero-order chi connectivity index (χ0) is 25.9. The normalized spacial score (nSPS) is 21.7. The van der Waals surface area contributed by atoms with Crippen LogP contribution in [0.15, 0.2) is 89.7 Å². The summed E-state index contributed by atoms with van der Waals surface area (Å²) in [5.41, 5.74) is 5.70. The van der Waals surface area contributed by atoms with Gasteiger partial charge in [0.2, 0.25) is 0 Å². The molecule has 1 N–H and O–H groups in total. The molecule has 7 nitrogen and oxygen atoms in total. The summed E-state index contributed by atoms with van der Waals surface area (Å²) in [5, 5.41) is 3.16. The second kappa shape index (κ2) is 8.52. The van der Waals surface area contributed by atoms with Crippen LogP contribution in [0.3, 0.4) is 0 Å². The second-order valence-corrected chi connectivity index (χ2v) is 10.4. The van der Waals surface area contributed by atoms with Gasteiger partial charge in [0.05, 0.1) is 24.3 Å². The largest absolute Gasteiger partial charge is 0.472 e. The molecule has 2 unspecified atom stereocenters. The third kappa shape index (κ3) is 3.65. The highest BCUT2D eigenvalue weighted by molar-refractivity contribution is 5.99. The number of carbonyl (C=O) groups excluding carboxylic acids is 2. The Hall–Kier alpha value is -4.52. The Morgan fingerprint density at radius 2 is 1.87 bits per heavy atom. The zero-order valence-corrected chi connectivity index (χ0v) is 21.0. The van der Waals surface area contributed by atoms with Gasteiger partial charge < -0.3 is 19.4 Å². The molecule has 0 aliphatic carbocycles. The number of fused-ring (bicyclic) bond motifs is 5. The van der Waals surface area contributed by atoms with E-state index in [9.17, 15) is 9.59 Å². The Balaban J connectivity index is 1.17. The van der Waals surface area contributed by atoms with Crippen LogP contribution in [-0.4, -0.2) is 29.1 Å². The first-order chi connectivity index (χ1) is 18.5. The molecule has 2 atom stereocenters. The molecule has 3 aliphatic heterocycles. The SMILES string of the molecule is CC12CC(NC(=O)N1c1cccc(C(=O)N3CCc4ccccc4C3)c1)c1cc(-c3ccoc3)ccc1O2. The van der Waals surface area contributed by atoms with Crippen LogP contribution in [0, 0.1) is 0 Å². The van der Waals surface area contributed by atoms with E-state index in [0.717, 1.165) is 28.9 Å². The number of urea groups is 1. The highest BCUT2D eigenvalue weighted by Gasteiger charge is 2.50. The van der Waals surface area contributed by atoms with Gasteiger partial charge in [-0.3, -0.25) is 9.69 Å². The summed E-state index contributed by atoms with van der Waals surface area (Å²) in [7, 11) is 0. The number of rotatable bonds is 3. The molecule has 38 heavy (non-hydrogen) atoms. The van der Waals surface area contributed by atoms with E-state index in [4.69, 9.17) is 9.15 Å². The van der Waals surface area contributed by atoms with Crippen LogP contribution in [0.2, 0.25) is 0 Å². The molecule has 4 aromatic rings. The van der Waals surface area contributed by atoms with Crippen molar-refractivity contribution < 1.29 is 18.7 Å². The van der Waals surface area contributed by atoms with E-state index in [0.29, 0.717) is 30.8 Å². The van der Waals surface area contributed by atoms with Crippen LogP contribution < -0.4 is 15.0 Å². The number of amides is 3. The standard InChI is InChI=1S/C31H27N3O4/c1-31-17-27(26-16-21(9-10-28(26)38-31)24-12-14-37-19-24)32-30(36)34(31)25-8-4-7-22(15-25)29(35)33-13-11-20-5-2-3-6-23(20)18-33/h2-10,12,14-16,19,27H,11,13,17-18H2,1H3,(H,32,36). The molecule has 7 heteroatoms. The first-order valence-corrected chi connectivity index (χ1v) is 12.9. The summed E-state index contributed by atoms with van der Waals surface area (Å²) >= 11 is 0. The van der Waals surface area contributed by atoms with Crippen molar-refractivity contribution in [1.82, 2.24) is 10.2 Å². The topological polar surface area (TPSA) is 75.0 Å². The Labute approximate surface area is 220 Å². The minimum atomic E-state index is -0.900. The van der Waals surface area contributed by atoms with Gasteiger partial charge in [-0.2, -0.15) is 0 Å². The molecule has 3 aliphatic rings. The van der Waals surface area contributed by atoms with Gasteiger partial charge in [0.25, 0.3) is 5.91 Å². The fraction of sp³-hybridized carbons (Fsp3) is 0.226. The molecule has 1 saturated heterocycles. The number of hydrogen-bond donors (Lipinski definition) is 1. The van der Waals surface area contributed by atoms with Gasteiger partial charge >= 0.3 is 6.03 Å². The average Bonchev–Trinajstić information content (AvgIpc) is 3.47. The monoisotopic (exact) mass is 505 g/mol. The number of anilines is 1. The molecule has 190 valence electrons. The van der Waals surface area contributed by atoms with Crippen molar-refractivity contribution >= 4 is 17.6 Å². The summed E-state index contributed by atoms with van der Waals surface area (Å²) in [6.07, 6.45) is 4.76. The minimum Gasteiger partial charge on any atom is -0.472 e. The fourth-order valence-electron chi connectivity index (χ4n) is 6.00. The van der Waals surface area contributed by atoms with Gasteiger partial charge in [0, 0.05) is 36.2 Å². The van der Waals surface area contributed by atoms with Gasteiger partial charge in [-0.05, 0) is 66.4 Å². The van der Waals surface area contributed by atoms with Gasteiger partial charge in [-0.1, -0.05) is 36.4 Å². The van der Waals surface area contributed by atoms with Crippen molar-refractivity contribution in [3.63, 3.8) is 0 Å². The molecular formula is C31H27N3O4. The summed E-state index contributed by atoms with van der Waals surface area (Å²) in [6, 6.07) is 23.0. The Morgan fingerprint density at radius 1 is 1.00 bits per heavy atom. The smallest absolute Gasteiger partial charge is 0.325 e. The minimum absolute atomic E-state index is 0.0384. The number of hydrogen-bond acceptors (Lipinski definition) is 4. The predicted octanol–water partition coefficient (Wildman–Crippen LogP) is 5.91. The predicted molar refractivity (Wildman–Crippen MR) is 143 cm³/mol. The lowest BCUT2D eigenvalue weighted by molar-refractivity contribution is 0.0378. The number of benzene rings is 3. The molecule has 0 radical (unpaired) electrons. The molecule has 1 aromatic heterocycles. The van der Waals surface area contributed by atoms with E-state index in [1.165, 1.54) is 11.1 Å². The Bertz CT molecular complexity index is 1560. The van der Waals surface area contributed by atoms with Gasteiger partial charge in [0.1, 0.15) is 5.75 Å². The number of ether oxygens (including phenoxy) is 1. The Morgan fingerprint density at radius 3 is 2.71 bits per heavy atom. The number of furan rings is 1. The van der Waals surface area contributed by atoms with E-state index in [1.807, 2.05) is 60.4 Å². The second-order valence-electron chi connectivity index (χ2n) is 10.4. The molecule has 2 bridgehead atoms. The van der Waals surface area contributed by atoms with E-state index in [2.05, 4.69) is 23.5 Å². The first kappa shape index (κ1) is 22.7. The zero-order valence-electron chi connectivity index (χ0n) is 21.0. The lowest BCUT2D eigenvalue weighted by Crippen LogP contribution is -2.65. The molecule has 0 spiro atoms. The quantitative estimate of drug-likeness (QED) is 0.375. The molecule has 7 rings (SSSR count). The number of nitrogens with zero attached hydrogens (tertiary/aromatic N) is 2. The Kier molecular flexibility index (Phi) is 5.08. The van der Waals surface area contributed by atoms with E-state index < -0.39 is 5.72 Å².